The van der Waals surface area contributed by atoms with Crippen molar-refractivity contribution in [1.29, 1.82) is 0 Å². The maximum absolute atomic E-state index is 12.6. The summed E-state index contributed by atoms with van der Waals surface area (Å²) in [6.45, 7) is 5.38. The van der Waals surface area contributed by atoms with Crippen LogP contribution in [0.4, 0.5) is 4.79 Å². The van der Waals surface area contributed by atoms with Gasteiger partial charge in [0.15, 0.2) is 0 Å². The lowest BCUT2D eigenvalue weighted by Gasteiger charge is -2.33. The van der Waals surface area contributed by atoms with Gasteiger partial charge in [-0.05, 0) is 62.9 Å². The van der Waals surface area contributed by atoms with Gasteiger partial charge < -0.3 is 10.1 Å². The molecule has 2 aromatic rings. The summed E-state index contributed by atoms with van der Waals surface area (Å²) in [4.78, 5) is 24.7. The number of benzene rings is 2. The first-order chi connectivity index (χ1) is 16.3. The van der Waals surface area contributed by atoms with Crippen LogP contribution in [0.1, 0.15) is 49.0 Å². The molecular formula is C24H32N4O5S. The van der Waals surface area contributed by atoms with Crippen LogP contribution in [-0.4, -0.2) is 51.1 Å². The van der Waals surface area contributed by atoms with Crippen molar-refractivity contribution in [2.24, 2.45) is 0 Å². The second kappa shape index (κ2) is 11.8. The van der Waals surface area contributed by atoms with Gasteiger partial charge in [-0.25, -0.2) is 22.9 Å². The normalized spacial score (nSPS) is 16.5. The molecule has 3 N–H and O–H groups in total. The molecule has 2 aromatic carbocycles. The highest BCUT2D eigenvalue weighted by Gasteiger charge is 2.23. The third kappa shape index (κ3) is 6.94. The zero-order valence-electron chi connectivity index (χ0n) is 19.5. The van der Waals surface area contributed by atoms with Crippen molar-refractivity contribution in [3.05, 3.63) is 59.7 Å². The fraction of sp³-hybridized carbons (Fsp3) is 0.417. The number of hydrogen-bond acceptors (Lipinski definition) is 6. The van der Waals surface area contributed by atoms with Crippen molar-refractivity contribution in [2.45, 2.75) is 50.5 Å². The Morgan fingerprint density at radius 1 is 1.09 bits per heavy atom. The summed E-state index contributed by atoms with van der Waals surface area (Å²) >= 11 is 0. The number of sulfonamides is 1. The standard InChI is InChI=1S/C24H32N4O5S/c1-3-33-22-10-5-4-9-21(22)23(29)25-16-15-19-11-13-20(14-12-19)34(31,32)27-24(30)26-28-17-7-6-8-18(28)2/h4-5,9-14,18H,3,6-8,15-17H2,1-2H3,(H,25,29)(H2,26,27,30). The number of nitrogens with zero attached hydrogens (tertiary/aromatic N) is 1. The third-order valence-corrected chi connectivity index (χ3v) is 6.99. The molecule has 0 saturated carbocycles. The van der Waals surface area contributed by atoms with Gasteiger partial charge >= 0.3 is 6.03 Å². The van der Waals surface area contributed by atoms with Crippen LogP contribution in [0.3, 0.4) is 0 Å². The summed E-state index contributed by atoms with van der Waals surface area (Å²) in [6, 6.07) is 12.7. The molecule has 1 aliphatic heterocycles. The van der Waals surface area contributed by atoms with Crippen molar-refractivity contribution in [2.75, 3.05) is 19.7 Å². The lowest BCUT2D eigenvalue weighted by molar-refractivity contribution is 0.0950. The van der Waals surface area contributed by atoms with E-state index in [0.717, 1.165) is 24.8 Å². The van der Waals surface area contributed by atoms with Gasteiger partial charge in [-0.1, -0.05) is 30.7 Å². The second-order valence-corrected chi connectivity index (χ2v) is 9.85. The van der Waals surface area contributed by atoms with E-state index in [1.165, 1.54) is 12.1 Å². The minimum absolute atomic E-state index is 0.00669. The maximum Gasteiger partial charge on any atom is 0.343 e. The number of carbonyl (C=O) groups is 2. The monoisotopic (exact) mass is 488 g/mol. The number of amides is 3. The fourth-order valence-corrected chi connectivity index (χ4v) is 4.69. The summed E-state index contributed by atoms with van der Waals surface area (Å²) in [5.74, 6) is 0.296. The Morgan fingerprint density at radius 3 is 2.53 bits per heavy atom. The molecule has 1 heterocycles. The average Bonchev–Trinajstić information content (AvgIpc) is 2.81. The van der Waals surface area contributed by atoms with E-state index in [-0.39, 0.29) is 16.8 Å². The summed E-state index contributed by atoms with van der Waals surface area (Å²) in [6.07, 6.45) is 3.52. The van der Waals surface area contributed by atoms with Gasteiger partial charge in [-0.15, -0.1) is 0 Å². The number of rotatable bonds is 9. The molecular weight excluding hydrogens is 456 g/mol. The summed E-state index contributed by atoms with van der Waals surface area (Å²) < 4.78 is 32.7. The number of ether oxygens (including phenoxy) is 1. The highest BCUT2D eigenvalue weighted by atomic mass is 32.2. The number of hydrazine groups is 1. The van der Waals surface area contributed by atoms with Crippen LogP contribution in [0.25, 0.3) is 0 Å². The molecule has 0 aromatic heterocycles. The lowest BCUT2D eigenvalue weighted by Crippen LogP contribution is -2.53. The highest BCUT2D eigenvalue weighted by Crippen LogP contribution is 2.18. The van der Waals surface area contributed by atoms with Crippen LogP contribution in [0.5, 0.6) is 5.75 Å². The minimum atomic E-state index is -4.00. The molecule has 1 atom stereocenters. The van der Waals surface area contributed by atoms with Gasteiger partial charge in [0.05, 0.1) is 17.1 Å². The van der Waals surface area contributed by atoms with E-state index >= 15 is 0 Å². The first kappa shape index (κ1) is 25.5. The van der Waals surface area contributed by atoms with Crippen LogP contribution in [0.2, 0.25) is 0 Å². The van der Waals surface area contributed by atoms with Gasteiger partial charge in [0, 0.05) is 19.1 Å². The van der Waals surface area contributed by atoms with Gasteiger partial charge in [-0.3, -0.25) is 10.2 Å². The highest BCUT2D eigenvalue weighted by molar-refractivity contribution is 7.90. The smallest absolute Gasteiger partial charge is 0.343 e. The Morgan fingerprint density at radius 2 is 1.82 bits per heavy atom. The van der Waals surface area contributed by atoms with Crippen molar-refractivity contribution in [3.8, 4) is 5.75 Å². The Labute approximate surface area is 200 Å². The molecule has 34 heavy (non-hydrogen) atoms. The molecule has 1 saturated heterocycles. The number of piperidine rings is 1. The van der Waals surface area contributed by atoms with Crippen molar-refractivity contribution in [1.82, 2.24) is 20.5 Å². The zero-order chi connectivity index (χ0) is 24.6. The number of hydrogen-bond donors (Lipinski definition) is 3. The molecule has 184 valence electrons. The molecule has 1 fully saturated rings. The first-order valence-corrected chi connectivity index (χ1v) is 13.0. The van der Waals surface area contributed by atoms with E-state index in [9.17, 15) is 18.0 Å². The summed E-state index contributed by atoms with van der Waals surface area (Å²) in [7, 11) is -4.00. The molecule has 9 nitrogen and oxygen atoms in total. The van der Waals surface area contributed by atoms with Gasteiger partial charge in [0.2, 0.25) is 0 Å². The number of nitrogens with one attached hydrogen (secondary N) is 3. The SMILES string of the molecule is CCOc1ccccc1C(=O)NCCc1ccc(S(=O)(=O)NC(=O)NN2CCCCC2C)cc1. The Bertz CT molecular complexity index is 1090. The van der Waals surface area contributed by atoms with Crippen LogP contribution in [0, 0.1) is 0 Å². The molecule has 3 amide bonds. The minimum Gasteiger partial charge on any atom is -0.493 e. The number of para-hydroxylation sites is 1. The Hall–Kier alpha value is -3.11. The first-order valence-electron chi connectivity index (χ1n) is 11.5. The molecule has 3 rings (SSSR count). The molecule has 0 aliphatic carbocycles. The Balaban J connectivity index is 1.51. The Kier molecular flexibility index (Phi) is 8.89. The van der Waals surface area contributed by atoms with Crippen LogP contribution < -0.4 is 20.2 Å². The van der Waals surface area contributed by atoms with Gasteiger partial charge in [-0.2, -0.15) is 0 Å². The van der Waals surface area contributed by atoms with Crippen molar-refractivity contribution in [3.63, 3.8) is 0 Å². The summed E-state index contributed by atoms with van der Waals surface area (Å²) in [5, 5.41) is 4.61. The predicted octanol–water partition coefficient (Wildman–Crippen LogP) is 2.84. The van der Waals surface area contributed by atoms with E-state index in [2.05, 4.69) is 15.5 Å². The molecule has 1 aliphatic rings. The van der Waals surface area contributed by atoms with Crippen LogP contribution >= 0.6 is 0 Å². The fourth-order valence-electron chi connectivity index (χ4n) is 3.78. The summed E-state index contributed by atoms with van der Waals surface area (Å²) in [5.41, 5.74) is 3.94. The topological polar surface area (TPSA) is 117 Å². The van der Waals surface area contributed by atoms with E-state index < -0.39 is 16.1 Å². The molecule has 10 heteroatoms. The molecule has 1 unspecified atom stereocenters. The van der Waals surface area contributed by atoms with E-state index in [0.29, 0.717) is 37.4 Å². The average molecular weight is 489 g/mol. The maximum atomic E-state index is 12.6. The van der Waals surface area contributed by atoms with E-state index in [1.807, 2.05) is 19.9 Å². The number of urea groups is 1. The predicted molar refractivity (Wildman–Crippen MR) is 129 cm³/mol. The largest absolute Gasteiger partial charge is 0.493 e. The molecule has 0 spiro atoms. The van der Waals surface area contributed by atoms with Crippen LogP contribution in [0.15, 0.2) is 53.4 Å². The van der Waals surface area contributed by atoms with Gasteiger partial charge in [0.1, 0.15) is 5.75 Å². The third-order valence-electron chi connectivity index (χ3n) is 5.64. The van der Waals surface area contributed by atoms with Crippen molar-refractivity contribution >= 4 is 22.0 Å². The zero-order valence-corrected chi connectivity index (χ0v) is 20.4. The van der Waals surface area contributed by atoms with E-state index in [1.54, 1.807) is 35.3 Å². The molecule has 0 radical (unpaired) electrons. The lowest BCUT2D eigenvalue weighted by atomic mass is 10.1. The quantitative estimate of drug-likeness (QED) is 0.500. The second-order valence-electron chi connectivity index (χ2n) is 8.16. The van der Waals surface area contributed by atoms with Gasteiger partial charge in [0.25, 0.3) is 15.9 Å². The molecule has 0 bridgehead atoms. The van der Waals surface area contributed by atoms with Crippen LogP contribution in [-0.2, 0) is 16.4 Å². The van der Waals surface area contributed by atoms with Crippen molar-refractivity contribution < 1.29 is 22.7 Å². The number of carbonyl (C=O) groups excluding carboxylic acids is 2. The van der Waals surface area contributed by atoms with E-state index in [4.69, 9.17) is 4.74 Å².